The predicted molar refractivity (Wildman–Crippen MR) is 49.7 cm³/mol. The SMILES string of the molecule is C[C@@H]1C[C@@]1(C(=O)O)C(=O)OC(C)(C)C. The smallest absolute Gasteiger partial charge is 0.324 e. The van der Waals surface area contributed by atoms with Crippen LogP contribution < -0.4 is 0 Å². The highest BCUT2D eigenvalue weighted by Gasteiger charge is 2.65. The maximum absolute atomic E-state index is 11.6. The molecule has 0 saturated heterocycles. The average Bonchev–Trinajstić information content (AvgIpc) is 2.58. The van der Waals surface area contributed by atoms with Crippen LogP contribution in [-0.2, 0) is 14.3 Å². The van der Waals surface area contributed by atoms with Gasteiger partial charge in [-0.3, -0.25) is 9.59 Å². The minimum atomic E-state index is -1.27. The van der Waals surface area contributed by atoms with Gasteiger partial charge in [0.2, 0.25) is 0 Å². The number of carboxylic acids is 1. The molecule has 0 aliphatic heterocycles. The molecular formula is C10H16O4. The summed E-state index contributed by atoms with van der Waals surface area (Å²) in [5.41, 5.74) is -1.89. The average molecular weight is 200 g/mol. The van der Waals surface area contributed by atoms with E-state index >= 15 is 0 Å². The first-order chi connectivity index (χ1) is 6.20. The summed E-state index contributed by atoms with van der Waals surface area (Å²) in [6, 6.07) is 0. The van der Waals surface area contributed by atoms with Gasteiger partial charge in [-0.15, -0.1) is 0 Å². The van der Waals surface area contributed by atoms with Crippen molar-refractivity contribution in [1.29, 1.82) is 0 Å². The quantitative estimate of drug-likeness (QED) is 0.541. The molecule has 1 aliphatic carbocycles. The third kappa shape index (κ3) is 1.74. The molecule has 1 fully saturated rings. The van der Waals surface area contributed by atoms with Gasteiger partial charge in [0.05, 0.1) is 0 Å². The Balaban J connectivity index is 2.75. The van der Waals surface area contributed by atoms with Crippen LogP contribution in [0.3, 0.4) is 0 Å². The zero-order chi connectivity index (χ0) is 11.1. The molecule has 0 spiro atoms. The Morgan fingerprint density at radius 2 is 1.86 bits per heavy atom. The summed E-state index contributed by atoms with van der Waals surface area (Å²) in [4.78, 5) is 22.5. The largest absolute Gasteiger partial charge is 0.480 e. The number of carboxylic acid groups (broad SMARTS) is 1. The predicted octanol–water partition coefficient (Wildman–Crippen LogP) is 1.44. The third-order valence-electron chi connectivity index (χ3n) is 2.45. The summed E-state index contributed by atoms with van der Waals surface area (Å²) in [5.74, 6) is -1.79. The van der Waals surface area contributed by atoms with Crippen molar-refractivity contribution in [2.75, 3.05) is 0 Å². The van der Waals surface area contributed by atoms with E-state index in [0.29, 0.717) is 6.42 Å². The van der Waals surface area contributed by atoms with E-state index in [4.69, 9.17) is 9.84 Å². The second-order valence-corrected chi connectivity index (χ2v) is 4.88. The molecular weight excluding hydrogens is 184 g/mol. The second kappa shape index (κ2) is 2.97. The van der Waals surface area contributed by atoms with Gasteiger partial charge in [0.15, 0.2) is 5.41 Å². The van der Waals surface area contributed by atoms with E-state index in [1.807, 2.05) is 0 Å². The molecule has 1 aliphatic rings. The number of hydrogen-bond donors (Lipinski definition) is 1. The molecule has 0 heterocycles. The van der Waals surface area contributed by atoms with Crippen LogP contribution >= 0.6 is 0 Å². The summed E-state index contributed by atoms with van der Waals surface area (Å²) in [6.45, 7) is 6.94. The molecule has 0 aromatic carbocycles. The van der Waals surface area contributed by atoms with Gasteiger partial charge < -0.3 is 9.84 Å². The lowest BCUT2D eigenvalue weighted by molar-refractivity contribution is -0.169. The molecule has 0 radical (unpaired) electrons. The molecule has 1 N–H and O–H groups in total. The van der Waals surface area contributed by atoms with Crippen LogP contribution in [0.1, 0.15) is 34.1 Å². The Labute approximate surface area is 83.2 Å². The molecule has 0 unspecified atom stereocenters. The number of carbonyl (C=O) groups is 2. The fourth-order valence-electron chi connectivity index (χ4n) is 1.46. The van der Waals surface area contributed by atoms with Crippen LogP contribution in [0, 0.1) is 11.3 Å². The summed E-state index contributed by atoms with van der Waals surface area (Å²) < 4.78 is 5.08. The zero-order valence-corrected chi connectivity index (χ0v) is 8.96. The van der Waals surface area contributed by atoms with Gasteiger partial charge in [-0.1, -0.05) is 6.92 Å². The fraction of sp³-hybridized carbons (Fsp3) is 0.800. The maximum atomic E-state index is 11.6. The monoisotopic (exact) mass is 200 g/mol. The van der Waals surface area contributed by atoms with Crippen LogP contribution in [0.4, 0.5) is 0 Å². The Hall–Kier alpha value is -1.06. The van der Waals surface area contributed by atoms with Crippen molar-refractivity contribution in [2.24, 2.45) is 11.3 Å². The van der Waals surface area contributed by atoms with Crippen LogP contribution in [0.25, 0.3) is 0 Å². The van der Waals surface area contributed by atoms with E-state index in [1.54, 1.807) is 27.7 Å². The maximum Gasteiger partial charge on any atom is 0.324 e. The molecule has 4 heteroatoms. The Kier molecular flexibility index (Phi) is 2.34. The first kappa shape index (κ1) is 11.0. The van der Waals surface area contributed by atoms with Crippen molar-refractivity contribution >= 4 is 11.9 Å². The molecule has 80 valence electrons. The van der Waals surface area contributed by atoms with Crippen LogP contribution in [0.5, 0.6) is 0 Å². The molecule has 2 atom stereocenters. The Morgan fingerprint density at radius 1 is 1.43 bits per heavy atom. The highest BCUT2D eigenvalue weighted by atomic mass is 16.6. The summed E-state index contributed by atoms with van der Waals surface area (Å²) in [7, 11) is 0. The molecule has 1 rings (SSSR count). The highest BCUT2D eigenvalue weighted by Crippen LogP contribution is 2.53. The Morgan fingerprint density at radius 3 is 2.07 bits per heavy atom. The molecule has 0 amide bonds. The van der Waals surface area contributed by atoms with E-state index in [0.717, 1.165) is 0 Å². The lowest BCUT2D eigenvalue weighted by Crippen LogP contribution is -2.35. The number of esters is 1. The van der Waals surface area contributed by atoms with Crippen LogP contribution in [0.15, 0.2) is 0 Å². The molecule has 4 nitrogen and oxygen atoms in total. The summed E-state index contributed by atoms with van der Waals surface area (Å²) >= 11 is 0. The minimum absolute atomic E-state index is 0.116. The molecule has 0 aromatic heterocycles. The molecule has 0 bridgehead atoms. The summed E-state index contributed by atoms with van der Waals surface area (Å²) in [5, 5.41) is 8.94. The van der Waals surface area contributed by atoms with E-state index < -0.39 is 23.0 Å². The highest BCUT2D eigenvalue weighted by molar-refractivity contribution is 6.03. The van der Waals surface area contributed by atoms with Gasteiger partial charge in [0.25, 0.3) is 0 Å². The second-order valence-electron chi connectivity index (χ2n) is 4.88. The van der Waals surface area contributed by atoms with Gasteiger partial charge in [-0.05, 0) is 33.1 Å². The first-order valence-electron chi connectivity index (χ1n) is 4.67. The van der Waals surface area contributed by atoms with Crippen molar-refractivity contribution in [2.45, 2.75) is 39.7 Å². The zero-order valence-electron chi connectivity index (χ0n) is 8.96. The first-order valence-corrected chi connectivity index (χ1v) is 4.67. The topological polar surface area (TPSA) is 63.6 Å². The van der Waals surface area contributed by atoms with Gasteiger partial charge in [-0.25, -0.2) is 0 Å². The van der Waals surface area contributed by atoms with Crippen molar-refractivity contribution in [1.82, 2.24) is 0 Å². The van der Waals surface area contributed by atoms with E-state index in [1.165, 1.54) is 0 Å². The van der Waals surface area contributed by atoms with Crippen molar-refractivity contribution < 1.29 is 19.4 Å². The van der Waals surface area contributed by atoms with Crippen LogP contribution in [0.2, 0.25) is 0 Å². The van der Waals surface area contributed by atoms with Crippen molar-refractivity contribution in [3.05, 3.63) is 0 Å². The number of hydrogen-bond acceptors (Lipinski definition) is 3. The molecule has 1 saturated carbocycles. The molecule has 0 aromatic rings. The standard InChI is InChI=1S/C10H16O4/c1-6-5-10(6,7(11)12)8(13)14-9(2,3)4/h6H,5H2,1-4H3,(H,11,12)/t6-,10-/m1/s1. The van der Waals surface area contributed by atoms with Crippen molar-refractivity contribution in [3.63, 3.8) is 0 Å². The minimum Gasteiger partial charge on any atom is -0.480 e. The fourth-order valence-corrected chi connectivity index (χ4v) is 1.46. The van der Waals surface area contributed by atoms with Crippen molar-refractivity contribution in [3.8, 4) is 0 Å². The van der Waals surface area contributed by atoms with Crippen LogP contribution in [-0.4, -0.2) is 22.6 Å². The molecule has 14 heavy (non-hydrogen) atoms. The number of ether oxygens (including phenoxy) is 1. The number of carbonyl (C=O) groups excluding carboxylic acids is 1. The van der Waals surface area contributed by atoms with E-state index in [9.17, 15) is 9.59 Å². The number of rotatable bonds is 2. The van der Waals surface area contributed by atoms with Gasteiger partial charge in [0.1, 0.15) is 5.60 Å². The van der Waals surface area contributed by atoms with E-state index in [2.05, 4.69) is 0 Å². The van der Waals surface area contributed by atoms with E-state index in [-0.39, 0.29) is 5.92 Å². The third-order valence-corrected chi connectivity index (χ3v) is 2.45. The lowest BCUT2D eigenvalue weighted by Gasteiger charge is -2.22. The Bertz CT molecular complexity index is 276. The van der Waals surface area contributed by atoms with Gasteiger partial charge in [-0.2, -0.15) is 0 Å². The number of aliphatic carboxylic acids is 1. The van der Waals surface area contributed by atoms with Gasteiger partial charge >= 0.3 is 11.9 Å². The summed E-state index contributed by atoms with van der Waals surface area (Å²) in [6.07, 6.45) is 0.386. The van der Waals surface area contributed by atoms with Gasteiger partial charge in [0, 0.05) is 0 Å². The lowest BCUT2D eigenvalue weighted by atomic mass is 10.0. The normalized spacial score (nSPS) is 31.0.